The fraction of sp³-hybridized carbons (Fsp3) is 0.286. The lowest BCUT2D eigenvalue weighted by Crippen LogP contribution is -2.34. The Labute approximate surface area is 175 Å². The molecule has 2 aromatic carbocycles. The first kappa shape index (κ1) is 22.2. The van der Waals surface area contributed by atoms with E-state index in [1.165, 1.54) is 0 Å². The lowest BCUT2D eigenvalue weighted by molar-refractivity contribution is -0.144. The van der Waals surface area contributed by atoms with E-state index in [1.807, 2.05) is 30.3 Å². The molecule has 0 aliphatic rings. The van der Waals surface area contributed by atoms with Crippen molar-refractivity contribution in [3.8, 4) is 11.5 Å². The van der Waals surface area contributed by atoms with Gasteiger partial charge in [0, 0.05) is 12.1 Å². The second kappa shape index (κ2) is 12.4. The summed E-state index contributed by atoms with van der Waals surface area (Å²) in [6, 6.07) is 16.7. The van der Waals surface area contributed by atoms with E-state index in [2.05, 4.69) is 10.6 Å². The third kappa shape index (κ3) is 9.07. The van der Waals surface area contributed by atoms with E-state index in [4.69, 9.17) is 26.4 Å². The van der Waals surface area contributed by atoms with Gasteiger partial charge >= 0.3 is 5.97 Å². The average Bonchev–Trinajstić information content (AvgIpc) is 2.72. The van der Waals surface area contributed by atoms with E-state index < -0.39 is 5.97 Å². The minimum Gasteiger partial charge on any atom is -0.490 e. The summed E-state index contributed by atoms with van der Waals surface area (Å²) in [6.45, 7) is 2.86. The van der Waals surface area contributed by atoms with Crippen LogP contribution < -0.4 is 20.1 Å². The number of anilines is 1. The molecule has 2 aromatic rings. The lowest BCUT2D eigenvalue weighted by Gasteiger charge is -2.11. The van der Waals surface area contributed by atoms with E-state index in [1.54, 1.807) is 31.2 Å². The Kier molecular flexibility index (Phi) is 9.44. The molecule has 0 spiro atoms. The molecule has 7 nitrogen and oxygen atoms in total. The zero-order valence-corrected chi connectivity index (χ0v) is 17.0. The number of hydrogen-bond acceptors (Lipinski definition) is 6. The summed E-state index contributed by atoms with van der Waals surface area (Å²) in [5, 5.41) is 5.58. The fourth-order valence-corrected chi connectivity index (χ4v) is 2.50. The number of carbonyl (C=O) groups is 2. The van der Waals surface area contributed by atoms with Gasteiger partial charge in [-0.25, -0.2) is 0 Å². The highest BCUT2D eigenvalue weighted by Crippen LogP contribution is 2.16. The second-order valence-corrected chi connectivity index (χ2v) is 6.25. The summed E-state index contributed by atoms with van der Waals surface area (Å²) in [5.41, 5.74) is 0.702. The van der Waals surface area contributed by atoms with E-state index >= 15 is 0 Å². The van der Waals surface area contributed by atoms with Crippen molar-refractivity contribution < 1.29 is 23.8 Å². The van der Waals surface area contributed by atoms with Crippen LogP contribution in [0.25, 0.3) is 0 Å². The summed E-state index contributed by atoms with van der Waals surface area (Å²) in [4.78, 5) is 23.0. The Morgan fingerprint density at radius 1 is 0.897 bits per heavy atom. The summed E-state index contributed by atoms with van der Waals surface area (Å²) < 4.78 is 16.0. The van der Waals surface area contributed by atoms with E-state index in [-0.39, 0.29) is 23.9 Å². The standard InChI is InChI=1S/C21H24N2O5S/c1-2-26-20(25)13-12-19(24)23-21(29)22-16-8-10-18(11-9-16)28-15-14-27-17-6-4-3-5-7-17/h3-11H,2,12-15H2,1H3,(H2,22,23,24,29). The van der Waals surface area contributed by atoms with Crippen LogP contribution in [-0.2, 0) is 14.3 Å². The predicted molar refractivity (Wildman–Crippen MR) is 114 cm³/mol. The highest BCUT2D eigenvalue weighted by molar-refractivity contribution is 7.80. The van der Waals surface area contributed by atoms with Crippen LogP contribution in [0, 0.1) is 0 Å². The van der Waals surface area contributed by atoms with Crippen molar-refractivity contribution in [1.29, 1.82) is 0 Å². The minimum atomic E-state index is -0.411. The van der Waals surface area contributed by atoms with Crippen molar-refractivity contribution >= 4 is 34.9 Å². The van der Waals surface area contributed by atoms with Crippen LogP contribution in [-0.4, -0.2) is 36.8 Å². The van der Waals surface area contributed by atoms with Crippen LogP contribution in [0.5, 0.6) is 11.5 Å². The largest absolute Gasteiger partial charge is 0.490 e. The molecule has 0 heterocycles. The molecule has 8 heteroatoms. The second-order valence-electron chi connectivity index (χ2n) is 5.84. The van der Waals surface area contributed by atoms with Gasteiger partial charge in [-0.3, -0.25) is 9.59 Å². The van der Waals surface area contributed by atoms with Crippen LogP contribution in [0.2, 0.25) is 0 Å². The molecule has 0 bridgehead atoms. The van der Waals surface area contributed by atoms with Crippen molar-refractivity contribution in [3.63, 3.8) is 0 Å². The molecule has 1 amide bonds. The molecule has 0 fully saturated rings. The zero-order chi connectivity index (χ0) is 20.9. The maximum atomic E-state index is 11.8. The Morgan fingerprint density at radius 2 is 1.52 bits per heavy atom. The molecule has 0 saturated heterocycles. The predicted octanol–water partition coefficient (Wildman–Crippen LogP) is 3.30. The first-order valence-electron chi connectivity index (χ1n) is 9.24. The highest BCUT2D eigenvalue weighted by Gasteiger charge is 2.09. The van der Waals surface area contributed by atoms with Gasteiger partial charge in [-0.15, -0.1) is 0 Å². The molecule has 0 radical (unpaired) electrons. The van der Waals surface area contributed by atoms with E-state index in [0.717, 1.165) is 5.75 Å². The molecule has 0 saturated carbocycles. The topological polar surface area (TPSA) is 85.9 Å². The number of para-hydroxylation sites is 1. The van der Waals surface area contributed by atoms with Crippen molar-refractivity contribution in [3.05, 3.63) is 54.6 Å². The first-order chi connectivity index (χ1) is 14.1. The Morgan fingerprint density at radius 3 is 2.14 bits per heavy atom. The number of benzene rings is 2. The molecule has 0 aliphatic carbocycles. The van der Waals surface area contributed by atoms with E-state index in [0.29, 0.717) is 31.3 Å². The van der Waals surface area contributed by atoms with Gasteiger partial charge in [0.25, 0.3) is 0 Å². The Hall–Kier alpha value is -3.13. The Balaban J connectivity index is 1.66. The smallest absolute Gasteiger partial charge is 0.306 e. The molecular formula is C21H24N2O5S. The molecule has 154 valence electrons. The SMILES string of the molecule is CCOC(=O)CCC(=O)NC(=S)Nc1ccc(OCCOc2ccccc2)cc1. The van der Waals surface area contributed by atoms with E-state index in [9.17, 15) is 9.59 Å². The number of nitrogens with one attached hydrogen (secondary N) is 2. The fourth-order valence-electron chi connectivity index (χ4n) is 2.27. The minimum absolute atomic E-state index is 0.0124. The van der Waals surface area contributed by atoms with Gasteiger partial charge in [0.1, 0.15) is 24.7 Å². The van der Waals surface area contributed by atoms with Crippen LogP contribution in [0.4, 0.5) is 5.69 Å². The maximum Gasteiger partial charge on any atom is 0.306 e. The highest BCUT2D eigenvalue weighted by atomic mass is 32.1. The van der Waals surface area contributed by atoms with Crippen LogP contribution in [0.3, 0.4) is 0 Å². The Bertz CT molecular complexity index is 796. The van der Waals surface area contributed by atoms with Crippen molar-refractivity contribution in [2.24, 2.45) is 0 Å². The van der Waals surface area contributed by atoms with Gasteiger partial charge in [0.2, 0.25) is 5.91 Å². The monoisotopic (exact) mass is 416 g/mol. The average molecular weight is 416 g/mol. The van der Waals surface area contributed by atoms with Crippen molar-refractivity contribution in [2.45, 2.75) is 19.8 Å². The van der Waals surface area contributed by atoms with Gasteiger partial charge < -0.3 is 24.8 Å². The number of carbonyl (C=O) groups excluding carboxylic acids is 2. The quantitative estimate of drug-likeness (QED) is 0.349. The number of rotatable bonds is 10. The number of ether oxygens (including phenoxy) is 3. The molecule has 0 unspecified atom stereocenters. The van der Waals surface area contributed by atoms with Crippen LogP contribution >= 0.6 is 12.2 Å². The maximum absolute atomic E-state index is 11.8. The summed E-state index contributed by atoms with van der Waals surface area (Å²) >= 11 is 5.10. The zero-order valence-electron chi connectivity index (χ0n) is 16.2. The summed E-state index contributed by atoms with van der Waals surface area (Å²) in [6.07, 6.45) is 0.0286. The molecule has 0 aliphatic heterocycles. The van der Waals surface area contributed by atoms with Gasteiger partial charge in [0.15, 0.2) is 5.11 Å². The van der Waals surface area contributed by atoms with Crippen molar-refractivity contribution in [1.82, 2.24) is 5.32 Å². The number of amides is 1. The normalized spacial score (nSPS) is 9.97. The molecule has 0 aromatic heterocycles. The van der Waals surface area contributed by atoms with Crippen molar-refractivity contribution in [2.75, 3.05) is 25.1 Å². The van der Waals surface area contributed by atoms with Gasteiger partial charge in [-0.05, 0) is 55.5 Å². The summed E-state index contributed by atoms with van der Waals surface area (Å²) in [5.74, 6) is 0.727. The van der Waals surface area contributed by atoms with Gasteiger partial charge in [-0.1, -0.05) is 18.2 Å². The number of esters is 1. The molecular weight excluding hydrogens is 392 g/mol. The third-order valence-corrected chi connectivity index (χ3v) is 3.79. The first-order valence-corrected chi connectivity index (χ1v) is 9.65. The molecule has 29 heavy (non-hydrogen) atoms. The van der Waals surface area contributed by atoms with Gasteiger partial charge in [0.05, 0.1) is 13.0 Å². The molecule has 2 N–H and O–H groups in total. The third-order valence-electron chi connectivity index (χ3n) is 3.59. The molecule has 2 rings (SSSR count). The summed E-state index contributed by atoms with van der Waals surface area (Å²) in [7, 11) is 0. The van der Waals surface area contributed by atoms with Gasteiger partial charge in [-0.2, -0.15) is 0 Å². The number of hydrogen-bond donors (Lipinski definition) is 2. The lowest BCUT2D eigenvalue weighted by atomic mass is 10.3. The van der Waals surface area contributed by atoms with Crippen LogP contribution in [0.1, 0.15) is 19.8 Å². The van der Waals surface area contributed by atoms with Crippen LogP contribution in [0.15, 0.2) is 54.6 Å². The number of thiocarbonyl (C=S) groups is 1. The molecule has 0 atom stereocenters.